The summed E-state index contributed by atoms with van der Waals surface area (Å²) in [5.41, 5.74) is -0.952. The quantitative estimate of drug-likeness (QED) is 0.257. The molecule has 16 heteroatoms. The smallest absolute Gasteiger partial charge is 0.422 e. The SMILES string of the molecule is CC(C)(C)OC(=O)C[C@H](NC(=O)C1CCN(C(=O)OCC(F)(F)F)CC1)C(O)COc1c(F)c(F)cc(F)c1F. The van der Waals surface area contributed by atoms with Gasteiger partial charge in [-0.15, -0.1) is 0 Å². The first-order chi connectivity index (χ1) is 18.4. The lowest BCUT2D eigenvalue weighted by molar-refractivity contribution is -0.162. The van der Waals surface area contributed by atoms with Crippen molar-refractivity contribution in [1.29, 1.82) is 0 Å². The first kappa shape index (κ1) is 32.9. The summed E-state index contributed by atoms with van der Waals surface area (Å²) in [4.78, 5) is 38.0. The van der Waals surface area contributed by atoms with E-state index in [-0.39, 0.29) is 32.0 Å². The van der Waals surface area contributed by atoms with Gasteiger partial charge in [0.15, 0.2) is 24.0 Å². The topological polar surface area (TPSA) is 114 Å². The lowest BCUT2D eigenvalue weighted by Gasteiger charge is -2.32. The summed E-state index contributed by atoms with van der Waals surface area (Å²) in [6.45, 7) is 1.63. The molecule has 9 nitrogen and oxygen atoms in total. The van der Waals surface area contributed by atoms with Gasteiger partial charge in [0, 0.05) is 25.1 Å². The number of piperidine rings is 1. The van der Waals surface area contributed by atoms with E-state index in [1.807, 2.05) is 0 Å². The highest BCUT2D eigenvalue weighted by Crippen LogP contribution is 2.27. The molecule has 1 unspecified atom stereocenters. The van der Waals surface area contributed by atoms with Crippen LogP contribution in [0, 0.1) is 29.2 Å². The fourth-order valence-electron chi connectivity index (χ4n) is 3.67. The van der Waals surface area contributed by atoms with Crippen LogP contribution in [0.1, 0.15) is 40.0 Å². The van der Waals surface area contributed by atoms with E-state index in [1.54, 1.807) is 20.8 Å². The van der Waals surface area contributed by atoms with E-state index < -0.39 is 96.5 Å². The van der Waals surface area contributed by atoms with Crippen molar-refractivity contribution in [3.8, 4) is 5.75 Å². The van der Waals surface area contributed by atoms with Gasteiger partial charge in [0.25, 0.3) is 0 Å². The van der Waals surface area contributed by atoms with Crippen LogP contribution in [0.4, 0.5) is 35.5 Å². The molecule has 1 aromatic rings. The number of hydrogen-bond acceptors (Lipinski definition) is 7. The Balaban J connectivity index is 2.07. The van der Waals surface area contributed by atoms with Gasteiger partial charge in [-0.1, -0.05) is 0 Å². The molecule has 0 aliphatic carbocycles. The number of nitrogens with zero attached hydrogens (tertiary/aromatic N) is 1. The van der Waals surface area contributed by atoms with Crippen LogP contribution >= 0.6 is 0 Å². The fraction of sp³-hybridized carbons (Fsp3) is 0.625. The molecule has 40 heavy (non-hydrogen) atoms. The van der Waals surface area contributed by atoms with Crippen molar-refractivity contribution < 1.29 is 64.4 Å². The summed E-state index contributed by atoms with van der Waals surface area (Å²) in [5.74, 6) is -11.1. The molecular weight excluding hydrogens is 561 g/mol. The maximum Gasteiger partial charge on any atom is 0.422 e. The van der Waals surface area contributed by atoms with E-state index in [4.69, 9.17) is 9.47 Å². The zero-order valence-corrected chi connectivity index (χ0v) is 21.7. The summed E-state index contributed by atoms with van der Waals surface area (Å²) in [6, 6.07) is -1.50. The number of carbonyl (C=O) groups is 3. The molecule has 0 bridgehead atoms. The van der Waals surface area contributed by atoms with Crippen LogP contribution in [0.5, 0.6) is 5.75 Å². The third-order valence-corrected chi connectivity index (χ3v) is 5.55. The Kier molecular flexibility index (Phi) is 11.0. The first-order valence-electron chi connectivity index (χ1n) is 12.0. The Morgan fingerprint density at radius 3 is 2.10 bits per heavy atom. The predicted octanol–water partition coefficient (Wildman–Crippen LogP) is 3.61. The summed E-state index contributed by atoms with van der Waals surface area (Å²) in [7, 11) is 0. The van der Waals surface area contributed by atoms with Crippen LogP contribution in [0.3, 0.4) is 0 Å². The molecule has 1 saturated heterocycles. The van der Waals surface area contributed by atoms with Crippen molar-refractivity contribution in [3.05, 3.63) is 29.3 Å². The second-order valence-corrected chi connectivity index (χ2v) is 10.0. The minimum absolute atomic E-state index is 0.00229. The number of ether oxygens (including phenoxy) is 3. The van der Waals surface area contributed by atoms with Crippen molar-refractivity contribution in [2.45, 2.75) is 64.0 Å². The van der Waals surface area contributed by atoms with Crippen molar-refractivity contribution in [2.24, 2.45) is 5.92 Å². The molecule has 226 valence electrons. The molecule has 0 saturated carbocycles. The van der Waals surface area contributed by atoms with Gasteiger partial charge in [-0.25, -0.2) is 13.6 Å². The highest BCUT2D eigenvalue weighted by atomic mass is 19.4. The van der Waals surface area contributed by atoms with Crippen molar-refractivity contribution in [3.63, 3.8) is 0 Å². The molecule has 2 rings (SSSR count). The highest BCUT2D eigenvalue weighted by Gasteiger charge is 2.35. The summed E-state index contributed by atoms with van der Waals surface area (Å²) in [6.07, 6.45) is -8.39. The molecule has 2 N–H and O–H groups in total. The van der Waals surface area contributed by atoms with Gasteiger partial charge in [-0.2, -0.15) is 22.0 Å². The van der Waals surface area contributed by atoms with Gasteiger partial charge >= 0.3 is 18.2 Å². The lowest BCUT2D eigenvalue weighted by atomic mass is 9.95. The van der Waals surface area contributed by atoms with Gasteiger partial charge in [0.05, 0.1) is 12.5 Å². The number of benzene rings is 1. The van der Waals surface area contributed by atoms with Crippen molar-refractivity contribution in [1.82, 2.24) is 10.2 Å². The van der Waals surface area contributed by atoms with Crippen LogP contribution in [-0.4, -0.2) is 78.2 Å². The Hall–Kier alpha value is -3.30. The van der Waals surface area contributed by atoms with E-state index in [0.717, 1.165) is 4.90 Å². The zero-order valence-electron chi connectivity index (χ0n) is 21.7. The molecule has 0 aromatic heterocycles. The van der Waals surface area contributed by atoms with Crippen LogP contribution in [0.15, 0.2) is 6.07 Å². The van der Waals surface area contributed by atoms with Crippen LogP contribution in [0.2, 0.25) is 0 Å². The maximum atomic E-state index is 13.9. The van der Waals surface area contributed by atoms with Crippen molar-refractivity contribution >= 4 is 18.0 Å². The molecular formula is C24H29F7N2O7. The number of aliphatic hydroxyl groups is 1. The van der Waals surface area contributed by atoms with Gasteiger partial charge in [-0.05, 0) is 33.6 Å². The lowest BCUT2D eigenvalue weighted by Crippen LogP contribution is -2.51. The Morgan fingerprint density at radius 2 is 1.60 bits per heavy atom. The number of halogens is 7. The first-order valence-corrected chi connectivity index (χ1v) is 12.0. The van der Waals surface area contributed by atoms with E-state index in [9.17, 15) is 50.2 Å². The number of amides is 2. The third-order valence-electron chi connectivity index (χ3n) is 5.55. The molecule has 1 aliphatic rings. The van der Waals surface area contributed by atoms with E-state index in [0.29, 0.717) is 0 Å². The number of aliphatic hydroxyl groups excluding tert-OH is 1. The second kappa shape index (κ2) is 13.4. The summed E-state index contributed by atoms with van der Waals surface area (Å²) < 4.78 is 106. The molecule has 2 atom stereocenters. The number of hydrogen-bond donors (Lipinski definition) is 2. The minimum Gasteiger partial charge on any atom is -0.485 e. The molecule has 0 spiro atoms. The summed E-state index contributed by atoms with van der Waals surface area (Å²) >= 11 is 0. The minimum atomic E-state index is -4.71. The number of esters is 1. The average molecular weight is 590 g/mol. The number of likely N-dealkylation sites (tertiary alicyclic amines) is 1. The number of rotatable bonds is 9. The Bertz CT molecular complexity index is 1040. The normalized spacial score (nSPS) is 16.2. The molecule has 0 radical (unpaired) electrons. The second-order valence-electron chi connectivity index (χ2n) is 10.0. The van der Waals surface area contributed by atoms with E-state index in [2.05, 4.69) is 10.1 Å². The maximum absolute atomic E-state index is 13.9. The van der Waals surface area contributed by atoms with Crippen LogP contribution in [-0.2, 0) is 19.1 Å². The number of nitrogens with one attached hydrogen (secondary N) is 1. The summed E-state index contributed by atoms with van der Waals surface area (Å²) in [5, 5.41) is 13.0. The van der Waals surface area contributed by atoms with E-state index in [1.165, 1.54) is 0 Å². The highest BCUT2D eigenvalue weighted by molar-refractivity contribution is 5.80. The largest absolute Gasteiger partial charge is 0.485 e. The number of alkyl halides is 3. The number of carbonyl (C=O) groups excluding carboxylic acids is 3. The van der Waals surface area contributed by atoms with Gasteiger partial charge in [0.2, 0.25) is 17.5 Å². The van der Waals surface area contributed by atoms with E-state index >= 15 is 0 Å². The molecule has 1 aromatic carbocycles. The van der Waals surface area contributed by atoms with Gasteiger partial charge in [-0.3, -0.25) is 9.59 Å². The fourth-order valence-corrected chi connectivity index (χ4v) is 3.67. The van der Waals surface area contributed by atoms with Crippen LogP contribution < -0.4 is 10.1 Å². The predicted molar refractivity (Wildman–Crippen MR) is 122 cm³/mol. The molecule has 1 aliphatic heterocycles. The third kappa shape index (κ3) is 10.0. The van der Waals surface area contributed by atoms with Crippen LogP contribution in [0.25, 0.3) is 0 Å². The van der Waals surface area contributed by atoms with Gasteiger partial charge in [0.1, 0.15) is 18.3 Å². The van der Waals surface area contributed by atoms with Crippen molar-refractivity contribution in [2.75, 3.05) is 26.3 Å². The molecule has 1 heterocycles. The monoisotopic (exact) mass is 590 g/mol. The standard InChI is InChI=1S/C24H29F7N2O7/c1-23(2,3)40-17(35)9-15(16(34)10-38-20-18(27)13(25)8-14(26)19(20)28)32-21(36)12-4-6-33(7-5-12)22(37)39-11-24(29,30)31/h8,12,15-16,34H,4-7,9-11H2,1-3H3,(H,32,36)/t15-,16?/m0/s1. The molecule has 2 amide bonds. The molecule has 1 fully saturated rings. The average Bonchev–Trinajstić information content (AvgIpc) is 2.84. The zero-order chi connectivity index (χ0) is 30.4. The Labute approximate surface area is 224 Å². The Morgan fingerprint density at radius 1 is 1.05 bits per heavy atom. The van der Waals surface area contributed by atoms with Gasteiger partial charge < -0.3 is 29.5 Å².